The first-order chi connectivity index (χ1) is 8.89. The lowest BCUT2D eigenvalue weighted by molar-refractivity contribution is -0.137. The molecular weight excluding hydrogens is 253 g/mol. The molecule has 1 fully saturated rings. The van der Waals surface area contributed by atoms with Crippen LogP contribution in [0.15, 0.2) is 24.3 Å². The van der Waals surface area contributed by atoms with E-state index < -0.39 is 11.7 Å². The van der Waals surface area contributed by atoms with Gasteiger partial charge in [0.15, 0.2) is 0 Å². The second kappa shape index (κ2) is 5.51. The standard InChI is InChI=1S/C14H19F3N2/c1-10-9-18-7-8-19(10)11(2)12-3-5-13(6-4-12)14(15,16)17/h3-6,10-11,18H,7-9H2,1-2H3/t10-,11-/m0/s1. The van der Waals surface area contributed by atoms with Crippen molar-refractivity contribution in [3.63, 3.8) is 0 Å². The number of benzene rings is 1. The molecule has 106 valence electrons. The number of alkyl halides is 3. The van der Waals surface area contributed by atoms with Gasteiger partial charge in [-0.3, -0.25) is 4.90 Å². The molecule has 0 radical (unpaired) electrons. The molecule has 0 unspecified atom stereocenters. The third-order valence-electron chi connectivity index (χ3n) is 3.77. The summed E-state index contributed by atoms with van der Waals surface area (Å²) in [6.45, 7) is 6.95. The Hall–Kier alpha value is -1.07. The van der Waals surface area contributed by atoms with Crippen LogP contribution in [0.25, 0.3) is 0 Å². The second-order valence-corrected chi connectivity index (χ2v) is 5.09. The molecule has 0 saturated carbocycles. The zero-order valence-corrected chi connectivity index (χ0v) is 11.2. The monoisotopic (exact) mass is 272 g/mol. The highest BCUT2D eigenvalue weighted by Gasteiger charge is 2.30. The maximum Gasteiger partial charge on any atom is 0.416 e. The normalized spacial score (nSPS) is 23.3. The Morgan fingerprint density at radius 1 is 1.26 bits per heavy atom. The summed E-state index contributed by atoms with van der Waals surface area (Å²) in [6, 6.07) is 6.03. The molecule has 5 heteroatoms. The van der Waals surface area contributed by atoms with Crippen molar-refractivity contribution in [3.8, 4) is 0 Å². The molecule has 1 N–H and O–H groups in total. The average molecular weight is 272 g/mol. The summed E-state index contributed by atoms with van der Waals surface area (Å²) in [4.78, 5) is 2.32. The minimum Gasteiger partial charge on any atom is -0.314 e. The molecule has 1 aromatic rings. The number of hydrogen-bond donors (Lipinski definition) is 1. The highest BCUT2D eigenvalue weighted by Crippen LogP contribution is 2.31. The van der Waals surface area contributed by atoms with E-state index in [1.807, 2.05) is 6.92 Å². The van der Waals surface area contributed by atoms with Crippen LogP contribution in [0.1, 0.15) is 31.0 Å². The Balaban J connectivity index is 2.13. The van der Waals surface area contributed by atoms with Crippen LogP contribution in [-0.4, -0.2) is 30.6 Å². The first kappa shape index (κ1) is 14.3. The van der Waals surface area contributed by atoms with Gasteiger partial charge in [-0.1, -0.05) is 12.1 Å². The summed E-state index contributed by atoms with van der Waals surface area (Å²) >= 11 is 0. The molecule has 1 aliphatic heterocycles. The van der Waals surface area contributed by atoms with Crippen LogP contribution in [0, 0.1) is 0 Å². The molecule has 1 heterocycles. The SMILES string of the molecule is C[C@H]1CNCCN1[C@@H](C)c1ccc(C(F)(F)F)cc1. The Morgan fingerprint density at radius 3 is 2.42 bits per heavy atom. The Bertz CT molecular complexity index is 414. The van der Waals surface area contributed by atoms with E-state index in [1.165, 1.54) is 12.1 Å². The fourth-order valence-corrected chi connectivity index (χ4v) is 2.57. The average Bonchev–Trinajstić information content (AvgIpc) is 2.38. The van der Waals surface area contributed by atoms with Gasteiger partial charge in [0, 0.05) is 31.7 Å². The van der Waals surface area contributed by atoms with Gasteiger partial charge >= 0.3 is 6.18 Å². The van der Waals surface area contributed by atoms with Gasteiger partial charge in [-0.05, 0) is 31.5 Å². The van der Waals surface area contributed by atoms with Crippen molar-refractivity contribution in [2.75, 3.05) is 19.6 Å². The van der Waals surface area contributed by atoms with Gasteiger partial charge in [-0.25, -0.2) is 0 Å². The van der Waals surface area contributed by atoms with Gasteiger partial charge in [-0.2, -0.15) is 13.2 Å². The van der Waals surface area contributed by atoms with Crippen LogP contribution in [0.3, 0.4) is 0 Å². The van der Waals surface area contributed by atoms with E-state index in [0.29, 0.717) is 6.04 Å². The lowest BCUT2D eigenvalue weighted by Crippen LogP contribution is -2.50. The molecule has 19 heavy (non-hydrogen) atoms. The van der Waals surface area contributed by atoms with Gasteiger partial charge in [0.05, 0.1) is 5.56 Å². The molecule has 0 spiro atoms. The van der Waals surface area contributed by atoms with Crippen LogP contribution >= 0.6 is 0 Å². The number of nitrogens with one attached hydrogen (secondary N) is 1. The topological polar surface area (TPSA) is 15.3 Å². The Labute approximate surface area is 111 Å². The second-order valence-electron chi connectivity index (χ2n) is 5.09. The highest BCUT2D eigenvalue weighted by molar-refractivity contribution is 5.26. The number of nitrogens with zero attached hydrogens (tertiary/aromatic N) is 1. The van der Waals surface area contributed by atoms with Gasteiger partial charge in [0.1, 0.15) is 0 Å². The number of hydrogen-bond acceptors (Lipinski definition) is 2. The summed E-state index contributed by atoms with van der Waals surface area (Å²) in [7, 11) is 0. The first-order valence-electron chi connectivity index (χ1n) is 6.53. The molecule has 1 saturated heterocycles. The quantitative estimate of drug-likeness (QED) is 0.890. The summed E-state index contributed by atoms with van der Waals surface area (Å²) < 4.78 is 37.6. The molecule has 1 aliphatic rings. The van der Waals surface area contributed by atoms with E-state index in [1.54, 1.807) is 12.1 Å². The van der Waals surface area contributed by atoms with E-state index in [4.69, 9.17) is 0 Å². The molecule has 1 aromatic carbocycles. The van der Waals surface area contributed by atoms with Gasteiger partial charge in [0.25, 0.3) is 0 Å². The molecule has 0 aliphatic carbocycles. The van der Waals surface area contributed by atoms with Crippen LogP contribution < -0.4 is 5.32 Å². The Kier molecular flexibility index (Phi) is 4.16. The predicted molar refractivity (Wildman–Crippen MR) is 68.9 cm³/mol. The molecular formula is C14H19F3N2. The Morgan fingerprint density at radius 2 is 1.89 bits per heavy atom. The van der Waals surface area contributed by atoms with Crippen molar-refractivity contribution in [1.82, 2.24) is 10.2 Å². The van der Waals surface area contributed by atoms with E-state index in [0.717, 1.165) is 25.2 Å². The van der Waals surface area contributed by atoms with E-state index in [-0.39, 0.29) is 6.04 Å². The molecule has 2 rings (SSSR count). The fraction of sp³-hybridized carbons (Fsp3) is 0.571. The maximum absolute atomic E-state index is 12.5. The third kappa shape index (κ3) is 3.28. The van der Waals surface area contributed by atoms with Crippen molar-refractivity contribution < 1.29 is 13.2 Å². The van der Waals surface area contributed by atoms with Gasteiger partial charge in [0.2, 0.25) is 0 Å². The van der Waals surface area contributed by atoms with E-state index >= 15 is 0 Å². The van der Waals surface area contributed by atoms with Crippen LogP contribution in [0.2, 0.25) is 0 Å². The molecule has 0 aromatic heterocycles. The van der Waals surface area contributed by atoms with Crippen LogP contribution in [0.4, 0.5) is 13.2 Å². The van der Waals surface area contributed by atoms with Crippen molar-refractivity contribution >= 4 is 0 Å². The maximum atomic E-state index is 12.5. The van der Waals surface area contributed by atoms with E-state index in [9.17, 15) is 13.2 Å². The molecule has 2 atom stereocenters. The highest BCUT2D eigenvalue weighted by atomic mass is 19.4. The van der Waals surface area contributed by atoms with E-state index in [2.05, 4.69) is 17.1 Å². The van der Waals surface area contributed by atoms with Gasteiger partial charge in [-0.15, -0.1) is 0 Å². The van der Waals surface area contributed by atoms with Crippen LogP contribution in [-0.2, 0) is 6.18 Å². The fourth-order valence-electron chi connectivity index (χ4n) is 2.57. The lowest BCUT2D eigenvalue weighted by Gasteiger charge is -2.38. The smallest absolute Gasteiger partial charge is 0.314 e. The molecule has 0 amide bonds. The molecule has 2 nitrogen and oxygen atoms in total. The molecule has 0 bridgehead atoms. The van der Waals surface area contributed by atoms with Crippen molar-refractivity contribution in [2.24, 2.45) is 0 Å². The van der Waals surface area contributed by atoms with Crippen molar-refractivity contribution in [1.29, 1.82) is 0 Å². The largest absolute Gasteiger partial charge is 0.416 e. The van der Waals surface area contributed by atoms with Crippen molar-refractivity contribution in [3.05, 3.63) is 35.4 Å². The minimum atomic E-state index is -4.26. The zero-order valence-electron chi connectivity index (χ0n) is 11.2. The number of piperazine rings is 1. The summed E-state index contributed by atoms with van der Waals surface area (Å²) in [6.07, 6.45) is -4.26. The zero-order chi connectivity index (χ0) is 14.0. The summed E-state index contributed by atoms with van der Waals surface area (Å²) in [5.41, 5.74) is 0.346. The lowest BCUT2D eigenvalue weighted by atomic mass is 10.0. The number of halogens is 3. The summed E-state index contributed by atoms with van der Waals surface area (Å²) in [5, 5.41) is 3.31. The van der Waals surface area contributed by atoms with Gasteiger partial charge < -0.3 is 5.32 Å². The number of rotatable bonds is 2. The first-order valence-corrected chi connectivity index (χ1v) is 6.53. The minimum absolute atomic E-state index is 0.138. The summed E-state index contributed by atoms with van der Waals surface area (Å²) in [5.74, 6) is 0. The predicted octanol–water partition coefficient (Wildman–Crippen LogP) is 3.06. The van der Waals surface area contributed by atoms with Crippen molar-refractivity contribution in [2.45, 2.75) is 32.1 Å². The van der Waals surface area contributed by atoms with Crippen LogP contribution in [0.5, 0.6) is 0 Å². The third-order valence-corrected chi connectivity index (χ3v) is 3.77.